The summed E-state index contributed by atoms with van der Waals surface area (Å²) in [5, 5.41) is 10.7. The lowest BCUT2D eigenvalue weighted by molar-refractivity contribution is -0.0442. The van der Waals surface area contributed by atoms with E-state index in [2.05, 4.69) is 24.0 Å². The Kier molecular flexibility index (Phi) is 11.1. The van der Waals surface area contributed by atoms with Gasteiger partial charge >= 0.3 is 6.09 Å². The van der Waals surface area contributed by atoms with E-state index in [1.165, 1.54) is 25.7 Å². The van der Waals surface area contributed by atoms with E-state index < -0.39 is 5.60 Å². The molecular weight excluding hydrogens is 450 g/mol. The molecule has 1 aliphatic carbocycles. The summed E-state index contributed by atoms with van der Waals surface area (Å²) in [5.74, 6) is 0.406. The molecule has 204 valence electrons. The standard InChI is InChI=1S/C31H51NO4/c1-5-6-7-11-17-28(33)19-18-26-16-12-13-21-31(26)22-20-27(32(31)29(34)36-30(2,3)4)24-35-23-25-14-9-8-10-15-25/h8-10,14-15,26-28,33H,5-7,11-13,16-24H2,1-4H3/t26-,27-,28-,31-/m0/s1. The number of hydrogen-bond donors (Lipinski definition) is 1. The van der Waals surface area contributed by atoms with Crippen LogP contribution < -0.4 is 0 Å². The van der Waals surface area contributed by atoms with Gasteiger partial charge in [0.2, 0.25) is 0 Å². The van der Waals surface area contributed by atoms with Gasteiger partial charge in [-0.1, -0.05) is 75.8 Å². The molecule has 1 amide bonds. The number of unbranched alkanes of at least 4 members (excludes halogenated alkanes) is 3. The Hall–Kier alpha value is -1.59. The molecule has 1 spiro atoms. The van der Waals surface area contributed by atoms with Crippen molar-refractivity contribution in [1.29, 1.82) is 0 Å². The van der Waals surface area contributed by atoms with Gasteiger partial charge in [0.25, 0.3) is 0 Å². The Morgan fingerprint density at radius 1 is 1.08 bits per heavy atom. The summed E-state index contributed by atoms with van der Waals surface area (Å²) in [6.45, 7) is 9.14. The lowest BCUT2D eigenvalue weighted by atomic mass is 9.69. The Labute approximate surface area is 219 Å². The number of amides is 1. The quantitative estimate of drug-likeness (QED) is 0.299. The molecule has 36 heavy (non-hydrogen) atoms. The Morgan fingerprint density at radius 2 is 1.86 bits per heavy atom. The monoisotopic (exact) mass is 501 g/mol. The first kappa shape index (κ1) is 29.0. The highest BCUT2D eigenvalue weighted by molar-refractivity contribution is 5.70. The molecule has 0 radical (unpaired) electrons. The summed E-state index contributed by atoms with van der Waals surface area (Å²) in [5.41, 5.74) is 0.441. The van der Waals surface area contributed by atoms with E-state index in [1.54, 1.807) is 0 Å². The van der Waals surface area contributed by atoms with Crippen LogP contribution in [0, 0.1) is 5.92 Å². The van der Waals surface area contributed by atoms with Crippen LogP contribution in [0.25, 0.3) is 0 Å². The highest BCUT2D eigenvalue weighted by Gasteiger charge is 2.54. The number of nitrogens with zero attached hydrogens (tertiary/aromatic N) is 1. The number of aliphatic hydroxyl groups excluding tert-OH is 1. The molecule has 1 aliphatic heterocycles. The average molecular weight is 502 g/mol. The van der Waals surface area contributed by atoms with Gasteiger partial charge in [-0.25, -0.2) is 4.79 Å². The van der Waals surface area contributed by atoms with Crippen molar-refractivity contribution in [3.63, 3.8) is 0 Å². The average Bonchev–Trinajstić information content (AvgIpc) is 3.19. The van der Waals surface area contributed by atoms with E-state index in [0.29, 0.717) is 19.1 Å². The number of carbonyl (C=O) groups is 1. The fraction of sp³-hybridized carbons (Fsp3) is 0.774. The van der Waals surface area contributed by atoms with Crippen LogP contribution in [0.4, 0.5) is 4.79 Å². The van der Waals surface area contributed by atoms with Crippen molar-refractivity contribution in [1.82, 2.24) is 4.90 Å². The summed E-state index contributed by atoms with van der Waals surface area (Å²) in [7, 11) is 0. The first-order valence-corrected chi connectivity index (χ1v) is 14.6. The Morgan fingerprint density at radius 3 is 2.58 bits per heavy atom. The van der Waals surface area contributed by atoms with Crippen molar-refractivity contribution in [2.75, 3.05) is 6.61 Å². The van der Waals surface area contributed by atoms with E-state index >= 15 is 0 Å². The molecule has 1 saturated carbocycles. The fourth-order valence-electron chi connectivity index (χ4n) is 6.42. The minimum atomic E-state index is -0.533. The number of rotatable bonds is 12. The van der Waals surface area contributed by atoms with Gasteiger partial charge in [0.1, 0.15) is 5.60 Å². The molecule has 3 rings (SSSR count). The Balaban J connectivity index is 1.69. The molecule has 4 atom stereocenters. The van der Waals surface area contributed by atoms with E-state index in [9.17, 15) is 9.90 Å². The molecule has 1 heterocycles. The van der Waals surface area contributed by atoms with Gasteiger partial charge in [0, 0.05) is 5.54 Å². The van der Waals surface area contributed by atoms with Crippen molar-refractivity contribution in [2.45, 2.75) is 141 Å². The molecule has 0 aromatic heterocycles. The molecule has 5 nitrogen and oxygen atoms in total. The molecule has 1 aromatic rings. The number of aliphatic hydroxyl groups is 1. The summed E-state index contributed by atoms with van der Waals surface area (Å²) in [6.07, 6.45) is 13.5. The van der Waals surface area contributed by atoms with Crippen LogP contribution in [-0.2, 0) is 16.1 Å². The minimum absolute atomic E-state index is 0.0307. The third-order valence-corrected chi connectivity index (χ3v) is 8.18. The predicted molar refractivity (Wildman–Crippen MR) is 146 cm³/mol. The first-order valence-electron chi connectivity index (χ1n) is 14.6. The summed E-state index contributed by atoms with van der Waals surface area (Å²) < 4.78 is 12.1. The highest BCUT2D eigenvalue weighted by atomic mass is 16.6. The zero-order valence-corrected chi connectivity index (χ0v) is 23.3. The predicted octanol–water partition coefficient (Wildman–Crippen LogP) is 7.64. The topological polar surface area (TPSA) is 59.0 Å². The molecule has 1 aromatic carbocycles. The smallest absolute Gasteiger partial charge is 0.411 e. The number of likely N-dealkylation sites (tertiary alicyclic amines) is 1. The summed E-state index contributed by atoms with van der Waals surface area (Å²) in [6, 6.07) is 10.3. The third-order valence-electron chi connectivity index (χ3n) is 8.18. The molecule has 1 saturated heterocycles. The molecule has 5 heteroatoms. The third kappa shape index (κ3) is 8.21. The molecule has 0 bridgehead atoms. The largest absolute Gasteiger partial charge is 0.444 e. The summed E-state index contributed by atoms with van der Waals surface area (Å²) in [4.78, 5) is 15.8. The van der Waals surface area contributed by atoms with Gasteiger partial charge in [0.05, 0.1) is 25.4 Å². The molecule has 2 fully saturated rings. The second-order valence-electron chi connectivity index (χ2n) is 12.2. The van der Waals surface area contributed by atoms with Crippen molar-refractivity contribution in [3.8, 4) is 0 Å². The van der Waals surface area contributed by atoms with Crippen LogP contribution in [-0.4, -0.2) is 46.0 Å². The van der Waals surface area contributed by atoms with Crippen LogP contribution >= 0.6 is 0 Å². The van der Waals surface area contributed by atoms with Gasteiger partial charge in [-0.2, -0.15) is 0 Å². The van der Waals surface area contributed by atoms with Crippen LogP contribution in [0.15, 0.2) is 30.3 Å². The molecular formula is C31H51NO4. The first-order chi connectivity index (χ1) is 17.2. The molecule has 0 unspecified atom stereocenters. The second kappa shape index (κ2) is 13.8. The summed E-state index contributed by atoms with van der Waals surface area (Å²) >= 11 is 0. The van der Waals surface area contributed by atoms with Crippen molar-refractivity contribution in [2.24, 2.45) is 5.92 Å². The minimum Gasteiger partial charge on any atom is -0.444 e. The normalized spacial score (nSPS) is 25.3. The lowest BCUT2D eigenvalue weighted by Gasteiger charge is -2.49. The maximum atomic E-state index is 13.7. The number of ether oxygens (including phenoxy) is 2. The number of hydrogen-bond acceptors (Lipinski definition) is 4. The maximum Gasteiger partial charge on any atom is 0.411 e. The second-order valence-corrected chi connectivity index (χ2v) is 12.2. The van der Waals surface area contributed by atoms with Gasteiger partial charge in [-0.05, 0) is 77.2 Å². The van der Waals surface area contributed by atoms with Gasteiger partial charge in [-0.15, -0.1) is 0 Å². The van der Waals surface area contributed by atoms with Crippen LogP contribution in [0.1, 0.15) is 117 Å². The maximum absolute atomic E-state index is 13.7. The molecule has 2 aliphatic rings. The fourth-order valence-corrected chi connectivity index (χ4v) is 6.42. The van der Waals surface area contributed by atoms with Gasteiger partial charge in [0.15, 0.2) is 0 Å². The van der Waals surface area contributed by atoms with E-state index in [0.717, 1.165) is 63.4 Å². The SMILES string of the molecule is CCCCCC[C@H](O)CC[C@@H]1CCCC[C@]12CC[C@@H](COCc1ccccc1)N2C(=O)OC(C)(C)C. The van der Waals surface area contributed by atoms with E-state index in [1.807, 2.05) is 39.0 Å². The van der Waals surface area contributed by atoms with Crippen LogP contribution in [0.3, 0.4) is 0 Å². The zero-order valence-electron chi connectivity index (χ0n) is 23.3. The van der Waals surface area contributed by atoms with Crippen LogP contribution in [0.2, 0.25) is 0 Å². The van der Waals surface area contributed by atoms with E-state index in [-0.39, 0.29) is 23.8 Å². The zero-order chi connectivity index (χ0) is 26.0. The Bertz CT molecular complexity index is 777. The molecule has 1 N–H and O–H groups in total. The van der Waals surface area contributed by atoms with Crippen molar-refractivity contribution in [3.05, 3.63) is 35.9 Å². The lowest BCUT2D eigenvalue weighted by Crippen LogP contribution is -2.58. The highest BCUT2D eigenvalue weighted by Crippen LogP contribution is 2.50. The van der Waals surface area contributed by atoms with E-state index in [4.69, 9.17) is 9.47 Å². The van der Waals surface area contributed by atoms with Crippen molar-refractivity contribution < 1.29 is 19.4 Å². The van der Waals surface area contributed by atoms with Crippen molar-refractivity contribution >= 4 is 6.09 Å². The number of carbonyl (C=O) groups excluding carboxylic acids is 1. The van der Waals surface area contributed by atoms with Gasteiger partial charge in [-0.3, -0.25) is 4.90 Å². The number of benzene rings is 1. The van der Waals surface area contributed by atoms with Gasteiger partial charge < -0.3 is 14.6 Å². The van der Waals surface area contributed by atoms with Crippen LogP contribution in [0.5, 0.6) is 0 Å².